The molecule has 1 aromatic carbocycles. The molecular weight excluding hydrogens is 504 g/mol. The molecule has 0 aliphatic carbocycles. The van der Waals surface area contributed by atoms with Crippen molar-refractivity contribution in [1.29, 1.82) is 0 Å². The summed E-state index contributed by atoms with van der Waals surface area (Å²) < 4.78 is 82.8. The lowest BCUT2D eigenvalue weighted by Crippen LogP contribution is -2.57. The maximum Gasteiger partial charge on any atom is 0.456 e. The molecule has 2 aliphatic rings. The molecule has 1 spiro atoms. The van der Waals surface area contributed by atoms with Crippen LogP contribution >= 0.6 is 0 Å². The summed E-state index contributed by atoms with van der Waals surface area (Å²) in [6, 6.07) is 8.60. The number of benzene rings is 1. The number of rotatable bonds is 6. The molecule has 1 fully saturated rings. The summed E-state index contributed by atoms with van der Waals surface area (Å²) in [5.74, 6) is -1.74. The number of aromatic nitrogens is 1. The van der Waals surface area contributed by atoms with Crippen molar-refractivity contribution in [2.45, 2.75) is 56.5 Å². The number of nitrogens with zero attached hydrogens (tertiary/aromatic N) is 2. The van der Waals surface area contributed by atoms with Crippen LogP contribution in [0.5, 0.6) is 5.75 Å². The molecule has 1 unspecified atom stereocenters. The minimum atomic E-state index is -4.97. The fourth-order valence-electron chi connectivity index (χ4n) is 5.03. The molecule has 0 saturated carbocycles. The van der Waals surface area contributed by atoms with Gasteiger partial charge >= 0.3 is 12.4 Å². The Hall–Kier alpha value is -3.02. The SMILES string of the molecule is CC1CNC2(CCN(C(=O)c3ccc(OCCCC(F)(F)F)cc3)CC2)c2ccc(C(=O)C(F)(F)F)n21. The van der Waals surface area contributed by atoms with Crippen LogP contribution in [0.3, 0.4) is 0 Å². The molecule has 1 N–H and O–H groups in total. The average molecular weight is 531 g/mol. The second kappa shape index (κ2) is 10.0. The van der Waals surface area contributed by atoms with E-state index in [2.05, 4.69) is 5.32 Å². The van der Waals surface area contributed by atoms with Crippen LogP contribution in [-0.2, 0) is 5.54 Å². The molecule has 1 amide bonds. The first-order valence-electron chi connectivity index (χ1n) is 12.0. The number of piperidine rings is 1. The number of hydrogen-bond acceptors (Lipinski definition) is 4. The van der Waals surface area contributed by atoms with Crippen molar-refractivity contribution in [3.8, 4) is 5.75 Å². The molecular formula is C25H27F6N3O3. The Bertz CT molecular complexity index is 1130. The van der Waals surface area contributed by atoms with E-state index in [1.165, 1.54) is 22.8 Å². The summed E-state index contributed by atoms with van der Waals surface area (Å²) in [6.45, 7) is 2.75. The Morgan fingerprint density at radius 3 is 2.27 bits per heavy atom. The zero-order valence-electron chi connectivity index (χ0n) is 20.1. The van der Waals surface area contributed by atoms with Gasteiger partial charge in [0.2, 0.25) is 0 Å². The van der Waals surface area contributed by atoms with Crippen LogP contribution in [0.15, 0.2) is 36.4 Å². The third-order valence-corrected chi connectivity index (χ3v) is 6.95. The summed E-state index contributed by atoms with van der Waals surface area (Å²) in [5, 5.41) is 3.43. The Kier molecular flexibility index (Phi) is 7.33. The second-order valence-electron chi connectivity index (χ2n) is 9.50. The van der Waals surface area contributed by atoms with E-state index in [1.54, 1.807) is 30.0 Å². The first-order chi connectivity index (χ1) is 17.3. The smallest absolute Gasteiger partial charge is 0.456 e. The number of amides is 1. The third-order valence-electron chi connectivity index (χ3n) is 6.95. The van der Waals surface area contributed by atoms with E-state index in [0.717, 1.165) is 0 Å². The zero-order valence-corrected chi connectivity index (χ0v) is 20.1. The maximum atomic E-state index is 13.1. The Morgan fingerprint density at radius 1 is 1.03 bits per heavy atom. The molecule has 37 heavy (non-hydrogen) atoms. The average Bonchev–Trinajstić information content (AvgIpc) is 3.30. The van der Waals surface area contributed by atoms with E-state index < -0.39 is 30.1 Å². The van der Waals surface area contributed by atoms with E-state index in [1.807, 2.05) is 0 Å². The van der Waals surface area contributed by atoms with Crippen LogP contribution in [0, 0.1) is 0 Å². The van der Waals surface area contributed by atoms with Gasteiger partial charge in [-0.3, -0.25) is 9.59 Å². The van der Waals surface area contributed by atoms with E-state index in [4.69, 9.17) is 4.74 Å². The monoisotopic (exact) mass is 531 g/mol. The predicted molar refractivity (Wildman–Crippen MR) is 122 cm³/mol. The summed E-state index contributed by atoms with van der Waals surface area (Å²) >= 11 is 0. The Morgan fingerprint density at radius 2 is 1.68 bits per heavy atom. The molecule has 0 radical (unpaired) electrons. The highest BCUT2D eigenvalue weighted by Gasteiger charge is 2.47. The topological polar surface area (TPSA) is 63.6 Å². The number of fused-ring (bicyclic) bond motifs is 2. The van der Waals surface area contributed by atoms with Gasteiger partial charge in [0.1, 0.15) is 5.75 Å². The highest BCUT2D eigenvalue weighted by molar-refractivity contribution is 5.99. The largest absolute Gasteiger partial charge is 0.494 e. The molecule has 2 aliphatic heterocycles. The number of ketones is 1. The molecule has 1 atom stereocenters. The highest BCUT2D eigenvalue weighted by Crippen LogP contribution is 2.40. The molecule has 0 bridgehead atoms. The van der Waals surface area contributed by atoms with Crippen LogP contribution in [-0.4, -0.2) is 59.8 Å². The molecule has 3 heterocycles. The lowest BCUT2D eigenvalue weighted by atomic mass is 9.82. The number of nitrogens with one attached hydrogen (secondary N) is 1. The lowest BCUT2D eigenvalue weighted by Gasteiger charge is -2.47. The quantitative estimate of drug-likeness (QED) is 0.314. The highest BCUT2D eigenvalue weighted by atomic mass is 19.4. The number of likely N-dealkylation sites (tertiary alicyclic amines) is 1. The van der Waals surface area contributed by atoms with E-state index in [9.17, 15) is 35.9 Å². The van der Waals surface area contributed by atoms with E-state index in [-0.39, 0.29) is 30.7 Å². The molecule has 1 saturated heterocycles. The van der Waals surface area contributed by atoms with Crippen LogP contribution in [0.1, 0.15) is 65.2 Å². The van der Waals surface area contributed by atoms with Gasteiger partial charge in [0.25, 0.3) is 11.7 Å². The normalized spacial score (nSPS) is 19.5. The maximum absolute atomic E-state index is 13.1. The minimum Gasteiger partial charge on any atom is -0.494 e. The van der Waals surface area contributed by atoms with Gasteiger partial charge in [0.15, 0.2) is 0 Å². The first kappa shape index (κ1) is 27.0. The van der Waals surface area contributed by atoms with E-state index >= 15 is 0 Å². The predicted octanol–water partition coefficient (Wildman–Crippen LogP) is 5.25. The number of halogens is 6. The number of alkyl halides is 6. The number of ether oxygens (including phenoxy) is 1. The Balaban J connectivity index is 1.39. The summed E-state index contributed by atoms with van der Waals surface area (Å²) in [6.07, 6.45) is -9.39. The van der Waals surface area contributed by atoms with Crippen LogP contribution in [0.25, 0.3) is 0 Å². The number of hydrogen-bond donors (Lipinski definition) is 1. The molecule has 6 nitrogen and oxygen atoms in total. The molecule has 4 rings (SSSR count). The van der Waals surface area contributed by atoms with Gasteiger partial charge in [-0.1, -0.05) is 0 Å². The lowest BCUT2D eigenvalue weighted by molar-refractivity contribution is -0.136. The standard InChI is InChI=1S/C25H27F6N3O3/c1-16-15-32-23(20-8-7-19(34(16)20)21(35)25(29,30)31)10-12-33(13-11-23)22(36)17-3-5-18(6-4-17)37-14-2-9-24(26,27)28/h3-8,16,32H,2,9-15H2,1H3. The van der Waals surface area contributed by atoms with Crippen LogP contribution < -0.4 is 10.1 Å². The van der Waals surface area contributed by atoms with Gasteiger partial charge in [-0.15, -0.1) is 0 Å². The third kappa shape index (κ3) is 5.78. The fraction of sp³-hybridized carbons (Fsp3) is 0.520. The van der Waals surface area contributed by atoms with Crippen molar-refractivity contribution in [3.05, 3.63) is 53.3 Å². The van der Waals surface area contributed by atoms with Crippen molar-refractivity contribution < 1.29 is 40.7 Å². The first-order valence-corrected chi connectivity index (χ1v) is 12.0. The van der Waals surface area contributed by atoms with Crippen molar-refractivity contribution in [2.75, 3.05) is 26.2 Å². The number of carbonyl (C=O) groups excluding carboxylic acids is 2. The summed E-state index contributed by atoms with van der Waals surface area (Å²) in [5.41, 5.74) is -0.0278. The van der Waals surface area contributed by atoms with Gasteiger partial charge in [-0.05, 0) is 62.6 Å². The Labute approximate surface area is 209 Å². The zero-order chi connectivity index (χ0) is 27.0. The number of carbonyl (C=O) groups is 2. The minimum absolute atomic E-state index is 0.0926. The second-order valence-corrected chi connectivity index (χ2v) is 9.50. The molecule has 2 aromatic rings. The van der Waals surface area contributed by atoms with Crippen molar-refractivity contribution in [2.24, 2.45) is 0 Å². The van der Waals surface area contributed by atoms with Gasteiger partial charge in [0.05, 0.1) is 17.8 Å². The van der Waals surface area contributed by atoms with Gasteiger partial charge < -0.3 is 19.5 Å². The molecule has 12 heteroatoms. The van der Waals surface area contributed by atoms with Gasteiger partial charge in [-0.2, -0.15) is 26.3 Å². The van der Waals surface area contributed by atoms with E-state index in [0.29, 0.717) is 49.5 Å². The van der Waals surface area contributed by atoms with Crippen LogP contribution in [0.4, 0.5) is 26.3 Å². The van der Waals surface area contributed by atoms with Gasteiger partial charge in [-0.25, -0.2) is 0 Å². The van der Waals surface area contributed by atoms with Crippen molar-refractivity contribution >= 4 is 11.7 Å². The number of Topliss-reactive ketones (excluding diaryl/α,β-unsaturated/α-hetero) is 1. The summed E-state index contributed by atoms with van der Waals surface area (Å²) in [4.78, 5) is 26.6. The summed E-state index contributed by atoms with van der Waals surface area (Å²) in [7, 11) is 0. The van der Waals surface area contributed by atoms with Crippen molar-refractivity contribution in [1.82, 2.24) is 14.8 Å². The van der Waals surface area contributed by atoms with Crippen molar-refractivity contribution in [3.63, 3.8) is 0 Å². The van der Waals surface area contributed by atoms with Gasteiger partial charge in [0, 0.05) is 43.4 Å². The molecule has 1 aromatic heterocycles. The fourth-order valence-corrected chi connectivity index (χ4v) is 5.03. The van der Waals surface area contributed by atoms with Crippen LogP contribution in [0.2, 0.25) is 0 Å². The molecule has 202 valence electrons.